The van der Waals surface area contributed by atoms with Gasteiger partial charge in [0.05, 0.1) is 10.5 Å². The zero-order valence-electron chi connectivity index (χ0n) is 17.7. The number of carbonyl (C=O) groups is 2. The maximum absolute atomic E-state index is 12.5. The molecule has 0 radical (unpaired) electrons. The molecule has 0 saturated carbocycles. The van der Waals surface area contributed by atoms with Gasteiger partial charge in [-0.2, -0.15) is 4.31 Å². The molecule has 0 atom stereocenters. The van der Waals surface area contributed by atoms with Crippen LogP contribution >= 0.6 is 0 Å². The van der Waals surface area contributed by atoms with Crippen molar-refractivity contribution in [1.29, 1.82) is 0 Å². The van der Waals surface area contributed by atoms with E-state index >= 15 is 0 Å². The number of esters is 1. The molecule has 162 valence electrons. The molecule has 0 aliphatic carbocycles. The Bertz CT molecular complexity index is 964. The van der Waals surface area contributed by atoms with Crippen LogP contribution in [0.25, 0.3) is 0 Å². The van der Waals surface area contributed by atoms with E-state index < -0.39 is 28.5 Å². The van der Waals surface area contributed by atoms with Gasteiger partial charge < -0.3 is 10.1 Å². The number of hydrogen-bond donors (Lipinski definition) is 1. The highest BCUT2D eigenvalue weighted by atomic mass is 32.2. The molecule has 0 bridgehead atoms. The quantitative estimate of drug-likeness (QED) is 0.611. The number of anilines is 1. The van der Waals surface area contributed by atoms with Crippen LogP contribution in [0.5, 0.6) is 0 Å². The van der Waals surface area contributed by atoms with Crippen molar-refractivity contribution in [2.75, 3.05) is 25.0 Å². The number of rotatable bonds is 9. The minimum Gasteiger partial charge on any atom is -0.452 e. The number of amides is 1. The van der Waals surface area contributed by atoms with E-state index in [1.54, 1.807) is 26.0 Å². The van der Waals surface area contributed by atoms with Crippen molar-refractivity contribution in [3.05, 3.63) is 59.7 Å². The Labute approximate surface area is 178 Å². The molecule has 2 aromatic rings. The summed E-state index contributed by atoms with van der Waals surface area (Å²) in [4.78, 5) is 24.3. The van der Waals surface area contributed by atoms with Gasteiger partial charge in [0.15, 0.2) is 6.61 Å². The summed E-state index contributed by atoms with van der Waals surface area (Å²) in [7, 11) is -3.56. The van der Waals surface area contributed by atoms with Gasteiger partial charge in [0.2, 0.25) is 10.0 Å². The van der Waals surface area contributed by atoms with Crippen molar-refractivity contribution in [1.82, 2.24) is 4.31 Å². The Morgan fingerprint density at radius 3 is 2.03 bits per heavy atom. The first kappa shape index (κ1) is 23.6. The summed E-state index contributed by atoms with van der Waals surface area (Å²) < 4.78 is 31.4. The van der Waals surface area contributed by atoms with Crippen LogP contribution in [0, 0.1) is 0 Å². The molecule has 1 N–H and O–H groups in total. The monoisotopic (exact) mass is 432 g/mol. The zero-order valence-corrected chi connectivity index (χ0v) is 18.5. The summed E-state index contributed by atoms with van der Waals surface area (Å²) in [5.74, 6) is -0.739. The Hall–Kier alpha value is -2.71. The third-order valence-corrected chi connectivity index (χ3v) is 6.69. The number of sulfonamides is 1. The highest BCUT2D eigenvalue weighted by Crippen LogP contribution is 2.18. The standard InChI is InChI=1S/C22H28N2O5S/c1-5-24(6-2)30(27,28)20-13-11-19(12-14-20)23-21(25)15-29-22(26)18-9-7-17(8-10-18)16(3)4/h7-14,16H,5-6,15H2,1-4H3,(H,23,25). The second kappa shape index (κ2) is 10.4. The number of carbonyl (C=O) groups excluding carboxylic acids is 2. The summed E-state index contributed by atoms with van der Waals surface area (Å²) in [5.41, 5.74) is 1.89. The third kappa shape index (κ3) is 5.90. The Morgan fingerprint density at radius 2 is 1.53 bits per heavy atom. The number of benzene rings is 2. The zero-order chi connectivity index (χ0) is 22.3. The van der Waals surface area contributed by atoms with Gasteiger partial charge in [-0.1, -0.05) is 39.8 Å². The van der Waals surface area contributed by atoms with Gasteiger partial charge in [0.1, 0.15) is 0 Å². The maximum atomic E-state index is 12.5. The summed E-state index contributed by atoms with van der Waals surface area (Å²) >= 11 is 0. The average Bonchev–Trinajstić information content (AvgIpc) is 2.73. The van der Waals surface area contributed by atoms with Crippen LogP contribution in [0.3, 0.4) is 0 Å². The summed E-state index contributed by atoms with van der Waals surface area (Å²) in [6, 6.07) is 12.9. The van der Waals surface area contributed by atoms with Gasteiger partial charge in [-0.25, -0.2) is 13.2 Å². The van der Waals surface area contributed by atoms with Crippen molar-refractivity contribution in [3.63, 3.8) is 0 Å². The van der Waals surface area contributed by atoms with E-state index in [9.17, 15) is 18.0 Å². The molecule has 0 aromatic heterocycles. The first-order valence-corrected chi connectivity index (χ1v) is 11.3. The van der Waals surface area contributed by atoms with E-state index in [0.717, 1.165) is 5.56 Å². The lowest BCUT2D eigenvalue weighted by Gasteiger charge is -2.18. The minimum absolute atomic E-state index is 0.153. The number of nitrogens with one attached hydrogen (secondary N) is 1. The van der Waals surface area contributed by atoms with Gasteiger partial charge in [-0.15, -0.1) is 0 Å². The van der Waals surface area contributed by atoms with E-state index in [1.165, 1.54) is 28.6 Å². The molecule has 30 heavy (non-hydrogen) atoms. The Kier molecular flexibility index (Phi) is 8.14. The smallest absolute Gasteiger partial charge is 0.338 e. The lowest BCUT2D eigenvalue weighted by molar-refractivity contribution is -0.119. The van der Waals surface area contributed by atoms with E-state index in [0.29, 0.717) is 30.3 Å². The first-order valence-electron chi connectivity index (χ1n) is 9.86. The molecular weight excluding hydrogens is 404 g/mol. The lowest BCUT2D eigenvalue weighted by Crippen LogP contribution is -2.30. The molecule has 0 heterocycles. The normalized spacial score (nSPS) is 11.5. The minimum atomic E-state index is -3.56. The van der Waals surface area contributed by atoms with Crippen LogP contribution in [0.2, 0.25) is 0 Å². The highest BCUT2D eigenvalue weighted by molar-refractivity contribution is 7.89. The van der Waals surface area contributed by atoms with Crippen LogP contribution in [0.1, 0.15) is 49.5 Å². The van der Waals surface area contributed by atoms with Crippen molar-refractivity contribution < 1.29 is 22.7 Å². The SMILES string of the molecule is CCN(CC)S(=O)(=O)c1ccc(NC(=O)COC(=O)c2ccc(C(C)C)cc2)cc1. The molecule has 2 aromatic carbocycles. The lowest BCUT2D eigenvalue weighted by atomic mass is 10.0. The van der Waals surface area contributed by atoms with Crippen LogP contribution in [0.15, 0.2) is 53.4 Å². The molecule has 0 fully saturated rings. The molecule has 0 saturated heterocycles. The molecule has 1 amide bonds. The number of ether oxygens (including phenoxy) is 1. The summed E-state index contributed by atoms with van der Waals surface area (Å²) in [5, 5.41) is 2.58. The van der Waals surface area contributed by atoms with E-state index in [-0.39, 0.29) is 4.90 Å². The molecule has 0 unspecified atom stereocenters. The van der Waals surface area contributed by atoms with Crippen molar-refractivity contribution in [2.45, 2.75) is 38.5 Å². The molecule has 0 aliphatic rings. The van der Waals surface area contributed by atoms with E-state index in [2.05, 4.69) is 19.2 Å². The fourth-order valence-corrected chi connectivity index (χ4v) is 4.30. The maximum Gasteiger partial charge on any atom is 0.338 e. The van der Waals surface area contributed by atoms with Crippen LogP contribution < -0.4 is 5.32 Å². The highest BCUT2D eigenvalue weighted by Gasteiger charge is 2.21. The predicted molar refractivity (Wildman–Crippen MR) is 116 cm³/mol. The molecule has 0 spiro atoms. The molecule has 7 nitrogen and oxygen atoms in total. The van der Waals surface area contributed by atoms with Crippen molar-refractivity contribution in [3.8, 4) is 0 Å². The topological polar surface area (TPSA) is 92.8 Å². The second-order valence-electron chi connectivity index (χ2n) is 7.01. The molecule has 2 rings (SSSR count). The summed E-state index contributed by atoms with van der Waals surface area (Å²) in [6.45, 7) is 7.98. The van der Waals surface area contributed by atoms with Gasteiger partial charge in [0, 0.05) is 18.8 Å². The van der Waals surface area contributed by atoms with Crippen molar-refractivity contribution in [2.24, 2.45) is 0 Å². The molecular formula is C22H28N2O5S. The van der Waals surface area contributed by atoms with E-state index in [4.69, 9.17) is 4.74 Å². The van der Waals surface area contributed by atoms with Crippen LogP contribution in [-0.4, -0.2) is 44.3 Å². The van der Waals surface area contributed by atoms with Gasteiger partial charge in [-0.3, -0.25) is 4.79 Å². The van der Waals surface area contributed by atoms with Gasteiger partial charge >= 0.3 is 5.97 Å². The predicted octanol–water partition coefficient (Wildman–Crippen LogP) is 3.64. The second-order valence-corrected chi connectivity index (χ2v) is 8.95. The first-order chi connectivity index (χ1) is 14.2. The van der Waals surface area contributed by atoms with Gasteiger partial charge in [0.25, 0.3) is 5.91 Å². The van der Waals surface area contributed by atoms with Crippen molar-refractivity contribution >= 4 is 27.6 Å². The average molecular weight is 433 g/mol. The van der Waals surface area contributed by atoms with Crippen LogP contribution in [0.4, 0.5) is 5.69 Å². The van der Waals surface area contributed by atoms with E-state index in [1.807, 2.05) is 12.1 Å². The Morgan fingerprint density at radius 1 is 0.967 bits per heavy atom. The number of nitrogens with zero attached hydrogens (tertiary/aromatic N) is 1. The number of hydrogen-bond acceptors (Lipinski definition) is 5. The fourth-order valence-electron chi connectivity index (χ4n) is 2.84. The Balaban J connectivity index is 1.92. The fraction of sp³-hybridized carbons (Fsp3) is 0.364. The third-order valence-electron chi connectivity index (χ3n) is 4.63. The molecule has 0 aliphatic heterocycles. The van der Waals surface area contributed by atoms with Gasteiger partial charge in [-0.05, 0) is 47.9 Å². The largest absolute Gasteiger partial charge is 0.452 e. The molecule has 8 heteroatoms. The van der Waals surface area contributed by atoms with Crippen LogP contribution in [-0.2, 0) is 19.6 Å². The summed E-state index contributed by atoms with van der Waals surface area (Å²) in [6.07, 6.45) is 0.